The van der Waals surface area contributed by atoms with Crippen molar-refractivity contribution < 1.29 is 27.1 Å². The number of anilines is 1. The molecule has 1 heterocycles. The molecule has 1 fully saturated rings. The summed E-state index contributed by atoms with van der Waals surface area (Å²) < 4.78 is 33.9. The van der Waals surface area contributed by atoms with Gasteiger partial charge in [-0.25, -0.2) is 0 Å². The Hall–Kier alpha value is -2.23. The van der Waals surface area contributed by atoms with Crippen LogP contribution in [0.2, 0.25) is 0 Å². The van der Waals surface area contributed by atoms with Crippen LogP contribution in [0.15, 0.2) is 18.2 Å². The molecule has 8 nitrogen and oxygen atoms in total. The normalized spacial score (nSPS) is 19.0. The Balaban J connectivity index is 2.36. The van der Waals surface area contributed by atoms with E-state index in [1.54, 1.807) is 0 Å². The molecule has 0 spiro atoms. The van der Waals surface area contributed by atoms with E-state index in [0.717, 1.165) is 11.0 Å². The fraction of sp³-hybridized carbons (Fsp3) is 0.364. The summed E-state index contributed by atoms with van der Waals surface area (Å²) >= 11 is 0. The number of phenolic OH excluding ortho intramolecular Hbond substituents is 1. The SMILES string of the molecule is O=C1CC(CS(=O)(=O)F)CN1c1c(O)cccc1[N+](=O)[O-]. The lowest BCUT2D eigenvalue weighted by Gasteiger charge is -2.17. The van der Waals surface area contributed by atoms with Crippen LogP contribution in [0.25, 0.3) is 0 Å². The van der Waals surface area contributed by atoms with Gasteiger partial charge in [0.15, 0.2) is 5.69 Å². The first-order chi connectivity index (χ1) is 9.69. The molecule has 0 bridgehead atoms. The van der Waals surface area contributed by atoms with Crippen molar-refractivity contribution >= 4 is 27.5 Å². The zero-order valence-electron chi connectivity index (χ0n) is 10.6. The van der Waals surface area contributed by atoms with Gasteiger partial charge in [-0.05, 0) is 6.07 Å². The van der Waals surface area contributed by atoms with Crippen LogP contribution < -0.4 is 4.90 Å². The van der Waals surface area contributed by atoms with Crippen molar-refractivity contribution in [3.8, 4) is 5.75 Å². The number of nitro groups is 1. The minimum absolute atomic E-state index is 0.208. The molecule has 10 heteroatoms. The van der Waals surface area contributed by atoms with Crippen LogP contribution in [0.1, 0.15) is 6.42 Å². The molecule has 1 aliphatic rings. The third-order valence-corrected chi connectivity index (χ3v) is 3.97. The first-order valence-corrected chi connectivity index (χ1v) is 7.43. The summed E-state index contributed by atoms with van der Waals surface area (Å²) in [6.07, 6.45) is -0.255. The molecule has 21 heavy (non-hydrogen) atoms. The third kappa shape index (κ3) is 3.27. The molecule has 1 aliphatic heterocycles. The van der Waals surface area contributed by atoms with E-state index in [9.17, 15) is 32.3 Å². The zero-order chi connectivity index (χ0) is 15.8. The number of carbonyl (C=O) groups is 1. The summed E-state index contributed by atoms with van der Waals surface area (Å²) in [5.41, 5.74) is -0.779. The highest BCUT2D eigenvalue weighted by Gasteiger charge is 2.37. The first kappa shape index (κ1) is 15.2. The van der Waals surface area contributed by atoms with Gasteiger partial charge in [0.1, 0.15) is 5.75 Å². The summed E-state index contributed by atoms with van der Waals surface area (Å²) in [5, 5.41) is 20.7. The number of benzene rings is 1. The predicted octanol–water partition coefficient (Wildman–Crippen LogP) is 0.953. The maximum absolute atomic E-state index is 12.7. The number of phenols is 1. The maximum Gasteiger partial charge on any atom is 0.302 e. The second-order valence-corrected chi connectivity index (χ2v) is 6.09. The monoisotopic (exact) mass is 318 g/mol. The fourth-order valence-electron chi connectivity index (χ4n) is 2.33. The van der Waals surface area contributed by atoms with E-state index < -0.39 is 44.2 Å². The number of hydrogen-bond acceptors (Lipinski definition) is 6. The Morgan fingerprint density at radius 3 is 2.71 bits per heavy atom. The number of nitro benzene ring substituents is 1. The predicted molar refractivity (Wildman–Crippen MR) is 70.1 cm³/mol. The number of nitrogens with zero attached hydrogens (tertiary/aromatic N) is 2. The number of para-hydroxylation sites is 1. The second kappa shape index (κ2) is 5.28. The van der Waals surface area contributed by atoms with Crippen LogP contribution in [0.3, 0.4) is 0 Å². The Bertz CT molecular complexity index is 705. The summed E-state index contributed by atoms with van der Waals surface area (Å²) in [6.45, 7) is -0.208. The summed E-state index contributed by atoms with van der Waals surface area (Å²) in [5.74, 6) is -2.72. The molecule has 1 amide bonds. The van der Waals surface area contributed by atoms with Crippen LogP contribution in [-0.4, -0.2) is 36.7 Å². The quantitative estimate of drug-likeness (QED) is 0.502. The summed E-state index contributed by atoms with van der Waals surface area (Å²) in [6, 6.07) is 3.54. The maximum atomic E-state index is 12.7. The highest BCUT2D eigenvalue weighted by atomic mass is 32.3. The Morgan fingerprint density at radius 1 is 1.48 bits per heavy atom. The standard InChI is InChI=1S/C11H11FN2O6S/c12-21(19,20)6-7-4-10(16)13(5-7)11-8(14(17)18)2-1-3-9(11)15/h1-3,7,15H,4-6H2. The average molecular weight is 318 g/mol. The van der Waals surface area contributed by atoms with E-state index in [1.165, 1.54) is 12.1 Å². The Morgan fingerprint density at radius 2 is 2.14 bits per heavy atom. The van der Waals surface area contributed by atoms with Gasteiger partial charge in [-0.2, -0.15) is 8.42 Å². The van der Waals surface area contributed by atoms with Crippen LogP contribution in [-0.2, 0) is 15.0 Å². The lowest BCUT2D eigenvalue weighted by atomic mass is 10.1. The second-order valence-electron chi connectivity index (χ2n) is 4.68. The topological polar surface area (TPSA) is 118 Å². The lowest BCUT2D eigenvalue weighted by molar-refractivity contribution is -0.384. The van der Waals surface area contributed by atoms with Crippen molar-refractivity contribution in [1.29, 1.82) is 0 Å². The molecule has 1 aromatic rings. The van der Waals surface area contributed by atoms with E-state index in [0.29, 0.717) is 0 Å². The van der Waals surface area contributed by atoms with Gasteiger partial charge in [0.05, 0.1) is 10.7 Å². The molecule has 114 valence electrons. The molecule has 0 saturated carbocycles. The summed E-state index contributed by atoms with van der Waals surface area (Å²) in [4.78, 5) is 23.0. The molecular weight excluding hydrogens is 307 g/mol. The van der Waals surface area contributed by atoms with Gasteiger partial charge in [0, 0.05) is 24.9 Å². The van der Waals surface area contributed by atoms with Crippen LogP contribution >= 0.6 is 0 Å². The summed E-state index contributed by atoms with van der Waals surface area (Å²) in [7, 11) is -4.75. The third-order valence-electron chi connectivity index (χ3n) is 3.10. The van der Waals surface area contributed by atoms with E-state index in [2.05, 4.69) is 0 Å². The molecule has 1 saturated heterocycles. The van der Waals surface area contributed by atoms with Gasteiger partial charge >= 0.3 is 10.2 Å². The molecule has 1 atom stereocenters. The minimum atomic E-state index is -4.75. The first-order valence-electron chi connectivity index (χ1n) is 5.88. The highest BCUT2D eigenvalue weighted by Crippen LogP contribution is 2.39. The zero-order valence-corrected chi connectivity index (χ0v) is 11.4. The number of carbonyl (C=O) groups excluding carboxylic acids is 1. The number of halogens is 1. The number of aromatic hydroxyl groups is 1. The molecule has 0 aromatic heterocycles. The van der Waals surface area contributed by atoms with Crippen molar-refractivity contribution in [3.63, 3.8) is 0 Å². The minimum Gasteiger partial charge on any atom is -0.505 e. The van der Waals surface area contributed by atoms with Crippen molar-refractivity contribution in [2.45, 2.75) is 6.42 Å². The molecule has 1 aromatic carbocycles. The van der Waals surface area contributed by atoms with Crippen molar-refractivity contribution in [2.75, 3.05) is 17.2 Å². The molecule has 2 rings (SSSR count). The van der Waals surface area contributed by atoms with Gasteiger partial charge < -0.3 is 10.0 Å². The van der Waals surface area contributed by atoms with Crippen molar-refractivity contribution in [1.82, 2.24) is 0 Å². The van der Waals surface area contributed by atoms with Gasteiger partial charge in [0.2, 0.25) is 5.91 Å². The largest absolute Gasteiger partial charge is 0.505 e. The van der Waals surface area contributed by atoms with Crippen LogP contribution in [0.4, 0.5) is 15.3 Å². The van der Waals surface area contributed by atoms with Crippen molar-refractivity contribution in [3.05, 3.63) is 28.3 Å². The van der Waals surface area contributed by atoms with Gasteiger partial charge in [-0.3, -0.25) is 14.9 Å². The van der Waals surface area contributed by atoms with Crippen molar-refractivity contribution in [2.24, 2.45) is 5.92 Å². The van der Waals surface area contributed by atoms with E-state index >= 15 is 0 Å². The van der Waals surface area contributed by atoms with Gasteiger partial charge in [0.25, 0.3) is 5.69 Å². The van der Waals surface area contributed by atoms with E-state index in [1.807, 2.05) is 0 Å². The number of amides is 1. The van der Waals surface area contributed by atoms with E-state index in [4.69, 9.17) is 0 Å². The highest BCUT2D eigenvalue weighted by molar-refractivity contribution is 7.86. The van der Waals surface area contributed by atoms with Gasteiger partial charge in [-0.1, -0.05) is 6.07 Å². The Labute approximate surface area is 119 Å². The lowest BCUT2D eigenvalue weighted by Crippen LogP contribution is -2.26. The van der Waals surface area contributed by atoms with Gasteiger partial charge in [-0.15, -0.1) is 3.89 Å². The number of rotatable bonds is 4. The van der Waals surface area contributed by atoms with Crippen LogP contribution in [0, 0.1) is 16.0 Å². The smallest absolute Gasteiger partial charge is 0.302 e. The average Bonchev–Trinajstić information content (AvgIpc) is 2.66. The fourth-order valence-corrected chi connectivity index (χ4v) is 3.12. The Kier molecular flexibility index (Phi) is 3.81. The molecular formula is C11H11FN2O6S. The molecule has 0 aliphatic carbocycles. The van der Waals surface area contributed by atoms with E-state index in [-0.39, 0.29) is 18.7 Å². The molecule has 0 radical (unpaired) electrons. The van der Waals surface area contributed by atoms with Crippen LogP contribution in [0.5, 0.6) is 5.75 Å². The molecule has 1 unspecified atom stereocenters. The number of hydrogen-bond donors (Lipinski definition) is 1. The molecule has 1 N–H and O–H groups in total.